The number of amides is 1. The molecule has 9 heteroatoms. The number of halogens is 1. The summed E-state index contributed by atoms with van der Waals surface area (Å²) in [5.41, 5.74) is 0.627. The second-order valence-corrected chi connectivity index (χ2v) is 7.93. The fourth-order valence-electron chi connectivity index (χ4n) is 2.85. The van der Waals surface area contributed by atoms with Gasteiger partial charge in [-0.1, -0.05) is 6.92 Å². The van der Waals surface area contributed by atoms with Crippen molar-refractivity contribution < 1.29 is 17.9 Å². The Morgan fingerprint density at radius 1 is 1.38 bits per heavy atom. The van der Waals surface area contributed by atoms with Crippen molar-refractivity contribution in [2.75, 3.05) is 13.7 Å². The van der Waals surface area contributed by atoms with Gasteiger partial charge in [0.1, 0.15) is 5.75 Å². The van der Waals surface area contributed by atoms with Crippen LogP contribution in [-0.4, -0.2) is 40.1 Å². The molecule has 3 N–H and O–H groups in total. The minimum absolute atomic E-state index is 0. The van der Waals surface area contributed by atoms with Crippen LogP contribution in [0.5, 0.6) is 5.75 Å². The number of hydrogen-bond donors (Lipinski definition) is 3. The van der Waals surface area contributed by atoms with E-state index < -0.39 is 10.0 Å². The summed E-state index contributed by atoms with van der Waals surface area (Å²) in [6.07, 6.45) is 2.12. The van der Waals surface area contributed by atoms with Gasteiger partial charge in [-0.05, 0) is 44.5 Å². The molecule has 148 valence electrons. The molecule has 1 aromatic rings. The Hall–Kier alpha value is -1.35. The molecule has 7 nitrogen and oxygen atoms in total. The van der Waals surface area contributed by atoms with Crippen molar-refractivity contribution in [1.29, 1.82) is 0 Å². The van der Waals surface area contributed by atoms with Gasteiger partial charge in [0.25, 0.3) is 0 Å². The Bertz CT molecular complexity index is 712. The Morgan fingerprint density at radius 2 is 2.12 bits per heavy atom. The average molecular weight is 406 g/mol. The Labute approximate surface area is 161 Å². The number of rotatable bonds is 7. The standard InChI is InChI=1S/C17H27N3O4S.ClH/c1-4-17(21)19-11-13-10-14(7-8-16(13)24-3)25(22,23)20-15-6-5-9-18-12(15)2;/h7-8,10,12,15,18,20H,4-6,9,11H2,1-3H3,(H,19,21);1H. The molecule has 0 aromatic heterocycles. The summed E-state index contributed by atoms with van der Waals surface area (Å²) in [4.78, 5) is 11.6. The van der Waals surface area contributed by atoms with E-state index in [1.165, 1.54) is 13.2 Å². The first-order valence-corrected chi connectivity index (χ1v) is 10.0. The molecule has 2 unspecified atom stereocenters. The highest BCUT2D eigenvalue weighted by Gasteiger charge is 2.27. The monoisotopic (exact) mass is 405 g/mol. The summed E-state index contributed by atoms with van der Waals surface area (Å²) in [6, 6.07) is 4.64. The van der Waals surface area contributed by atoms with Crippen molar-refractivity contribution in [2.24, 2.45) is 0 Å². The van der Waals surface area contributed by atoms with Crippen LogP contribution >= 0.6 is 12.4 Å². The van der Waals surface area contributed by atoms with E-state index in [-0.39, 0.29) is 41.8 Å². The number of sulfonamides is 1. The van der Waals surface area contributed by atoms with Crippen molar-refractivity contribution in [3.63, 3.8) is 0 Å². The lowest BCUT2D eigenvalue weighted by molar-refractivity contribution is -0.120. The second-order valence-electron chi connectivity index (χ2n) is 6.22. The zero-order valence-corrected chi connectivity index (χ0v) is 17.0. The molecule has 2 atom stereocenters. The lowest BCUT2D eigenvalue weighted by atomic mass is 10.0. The first-order chi connectivity index (χ1) is 11.9. The molecule has 0 radical (unpaired) electrons. The summed E-state index contributed by atoms with van der Waals surface area (Å²) in [6.45, 7) is 4.87. The SMILES string of the molecule is CCC(=O)NCc1cc(S(=O)(=O)NC2CCCNC2C)ccc1OC.Cl. The summed E-state index contributed by atoms with van der Waals surface area (Å²) in [5, 5.41) is 6.03. The van der Waals surface area contributed by atoms with E-state index in [1.807, 2.05) is 6.92 Å². The summed E-state index contributed by atoms with van der Waals surface area (Å²) in [5.74, 6) is 0.443. The first-order valence-electron chi connectivity index (χ1n) is 8.56. The van der Waals surface area contributed by atoms with Gasteiger partial charge in [-0.2, -0.15) is 0 Å². The second kappa shape index (κ2) is 10.1. The number of methoxy groups -OCH3 is 1. The lowest BCUT2D eigenvalue weighted by Crippen LogP contribution is -2.51. The smallest absolute Gasteiger partial charge is 0.240 e. The third kappa shape index (κ3) is 5.84. The molecule has 1 amide bonds. The van der Waals surface area contributed by atoms with E-state index in [2.05, 4.69) is 15.4 Å². The van der Waals surface area contributed by atoms with Gasteiger partial charge in [0.2, 0.25) is 15.9 Å². The van der Waals surface area contributed by atoms with Gasteiger partial charge >= 0.3 is 0 Å². The first kappa shape index (κ1) is 22.7. The number of nitrogens with one attached hydrogen (secondary N) is 3. The van der Waals surface area contributed by atoms with Crippen LogP contribution in [0, 0.1) is 0 Å². The maximum absolute atomic E-state index is 12.7. The summed E-state index contributed by atoms with van der Waals surface area (Å²) < 4.78 is 33.5. The van der Waals surface area contributed by atoms with Gasteiger partial charge in [0.15, 0.2) is 0 Å². The minimum Gasteiger partial charge on any atom is -0.496 e. The van der Waals surface area contributed by atoms with Crippen LogP contribution < -0.4 is 20.1 Å². The molecule has 0 saturated carbocycles. The molecule has 26 heavy (non-hydrogen) atoms. The van der Waals surface area contributed by atoms with Crippen LogP contribution in [0.2, 0.25) is 0 Å². The molecule has 1 aliphatic rings. The zero-order chi connectivity index (χ0) is 18.4. The highest BCUT2D eigenvalue weighted by atomic mass is 35.5. The number of benzene rings is 1. The van der Waals surface area contributed by atoms with Crippen molar-refractivity contribution in [2.45, 2.75) is 56.6 Å². The van der Waals surface area contributed by atoms with Gasteiger partial charge in [0.05, 0.1) is 12.0 Å². The van der Waals surface area contributed by atoms with Crippen molar-refractivity contribution >= 4 is 28.3 Å². The molecule has 2 rings (SSSR count). The van der Waals surface area contributed by atoms with Crippen LogP contribution in [0.1, 0.15) is 38.7 Å². The highest BCUT2D eigenvalue weighted by molar-refractivity contribution is 7.89. The van der Waals surface area contributed by atoms with Crippen molar-refractivity contribution in [1.82, 2.24) is 15.4 Å². The van der Waals surface area contributed by atoms with Gasteiger partial charge in [-0.3, -0.25) is 4.79 Å². The Kier molecular flexibility index (Phi) is 8.82. The van der Waals surface area contributed by atoms with E-state index in [0.29, 0.717) is 17.7 Å². The molecule has 1 fully saturated rings. The van der Waals surface area contributed by atoms with Crippen molar-refractivity contribution in [3.05, 3.63) is 23.8 Å². The van der Waals surface area contributed by atoms with Crippen molar-refractivity contribution in [3.8, 4) is 5.75 Å². The third-order valence-electron chi connectivity index (χ3n) is 4.43. The Balaban J connectivity index is 0.00000338. The zero-order valence-electron chi connectivity index (χ0n) is 15.4. The Morgan fingerprint density at radius 3 is 2.73 bits per heavy atom. The van der Waals surface area contributed by atoms with Crippen LogP contribution in [0.4, 0.5) is 0 Å². The number of carbonyl (C=O) groups is 1. The molecule has 0 aliphatic carbocycles. The molecular weight excluding hydrogens is 378 g/mol. The average Bonchev–Trinajstić information content (AvgIpc) is 2.61. The molecule has 1 saturated heterocycles. The van der Waals surface area contributed by atoms with E-state index in [1.54, 1.807) is 19.1 Å². The van der Waals surface area contributed by atoms with Crippen LogP contribution in [-0.2, 0) is 21.4 Å². The molecule has 0 spiro atoms. The molecular formula is C17H28ClN3O4S. The van der Waals surface area contributed by atoms with E-state index in [4.69, 9.17) is 4.74 Å². The van der Waals surface area contributed by atoms with Gasteiger partial charge in [-0.25, -0.2) is 13.1 Å². The van der Waals surface area contributed by atoms with Crippen LogP contribution in [0.25, 0.3) is 0 Å². The van der Waals surface area contributed by atoms with Gasteiger partial charge in [0, 0.05) is 30.6 Å². The third-order valence-corrected chi connectivity index (χ3v) is 5.92. The lowest BCUT2D eigenvalue weighted by Gasteiger charge is -2.30. The fourth-order valence-corrected chi connectivity index (χ4v) is 4.25. The van der Waals surface area contributed by atoms with Crippen LogP contribution in [0.15, 0.2) is 23.1 Å². The summed E-state index contributed by atoms with van der Waals surface area (Å²) in [7, 11) is -2.13. The largest absolute Gasteiger partial charge is 0.496 e. The van der Waals surface area contributed by atoms with Gasteiger partial charge in [-0.15, -0.1) is 12.4 Å². The van der Waals surface area contributed by atoms with Crippen LogP contribution in [0.3, 0.4) is 0 Å². The van der Waals surface area contributed by atoms with E-state index in [9.17, 15) is 13.2 Å². The number of piperidine rings is 1. The highest BCUT2D eigenvalue weighted by Crippen LogP contribution is 2.23. The van der Waals surface area contributed by atoms with E-state index in [0.717, 1.165) is 19.4 Å². The molecule has 1 heterocycles. The number of hydrogen-bond acceptors (Lipinski definition) is 5. The topological polar surface area (TPSA) is 96.5 Å². The molecule has 1 aromatic carbocycles. The minimum atomic E-state index is -3.64. The predicted octanol–water partition coefficient (Wildman–Crippen LogP) is 1.56. The number of carbonyl (C=O) groups excluding carboxylic acids is 1. The maximum Gasteiger partial charge on any atom is 0.240 e. The number of ether oxygens (including phenoxy) is 1. The summed E-state index contributed by atoms with van der Waals surface area (Å²) >= 11 is 0. The fraction of sp³-hybridized carbons (Fsp3) is 0.588. The maximum atomic E-state index is 12.7. The van der Waals surface area contributed by atoms with Gasteiger partial charge < -0.3 is 15.4 Å². The normalized spacial score (nSPS) is 20.1. The van der Waals surface area contributed by atoms with E-state index >= 15 is 0 Å². The quantitative estimate of drug-likeness (QED) is 0.639. The predicted molar refractivity (Wildman–Crippen MR) is 103 cm³/mol. The molecule has 0 bridgehead atoms. The molecule has 1 aliphatic heterocycles.